The highest BCUT2D eigenvalue weighted by atomic mass is 19.4. The molecule has 1 amide bonds. The number of rotatable bonds is 10. The van der Waals surface area contributed by atoms with E-state index in [0.29, 0.717) is 31.8 Å². The summed E-state index contributed by atoms with van der Waals surface area (Å²) >= 11 is 0. The Bertz CT molecular complexity index is 1160. The maximum absolute atomic E-state index is 13.6. The maximum atomic E-state index is 13.6. The van der Waals surface area contributed by atoms with Crippen molar-refractivity contribution in [2.45, 2.75) is 57.9 Å². The van der Waals surface area contributed by atoms with E-state index in [1.54, 1.807) is 6.07 Å². The minimum absolute atomic E-state index is 0.0340. The van der Waals surface area contributed by atoms with Gasteiger partial charge in [0.05, 0.1) is 12.0 Å². The van der Waals surface area contributed by atoms with E-state index in [4.69, 9.17) is 9.47 Å². The summed E-state index contributed by atoms with van der Waals surface area (Å²) in [6.07, 6.45) is -3.67. The minimum atomic E-state index is -4.52. The quantitative estimate of drug-likeness (QED) is 0.425. The molecule has 0 aliphatic carbocycles. The molecule has 0 saturated heterocycles. The summed E-state index contributed by atoms with van der Waals surface area (Å²) in [5, 5.41) is 3.36. The second-order valence-corrected chi connectivity index (χ2v) is 11.3. The van der Waals surface area contributed by atoms with E-state index >= 15 is 0 Å². The van der Waals surface area contributed by atoms with Crippen molar-refractivity contribution in [1.29, 1.82) is 0 Å². The molecule has 0 radical (unpaired) electrons. The molecule has 1 aliphatic rings. The first-order chi connectivity index (χ1) is 18.7. The van der Waals surface area contributed by atoms with Gasteiger partial charge in [0.15, 0.2) is 6.61 Å². The number of nitrogens with one attached hydrogen (secondary N) is 1. The molecule has 0 spiro atoms. The summed E-state index contributed by atoms with van der Waals surface area (Å²) in [5.74, 6) is -0.285. The van der Waals surface area contributed by atoms with E-state index in [2.05, 4.69) is 5.32 Å². The lowest BCUT2D eigenvalue weighted by Crippen LogP contribution is -2.39. The third-order valence-electron chi connectivity index (χ3n) is 6.59. The third kappa shape index (κ3) is 9.23. The highest BCUT2D eigenvalue weighted by molar-refractivity contribution is 5.78. The molecule has 1 unspecified atom stereocenters. The minimum Gasteiger partial charge on any atom is -0.483 e. The maximum Gasteiger partial charge on any atom is 0.416 e. The molecule has 2 aromatic rings. The summed E-state index contributed by atoms with van der Waals surface area (Å²) in [6, 6.07) is 10.9. The van der Waals surface area contributed by atoms with Gasteiger partial charge in [-0.25, -0.2) is 0 Å². The highest BCUT2D eigenvalue weighted by Crippen LogP contribution is 2.34. The van der Waals surface area contributed by atoms with E-state index < -0.39 is 23.2 Å². The molecule has 10 heteroatoms. The van der Waals surface area contributed by atoms with Crippen LogP contribution in [0.15, 0.2) is 42.5 Å². The second-order valence-electron chi connectivity index (χ2n) is 11.3. The number of hydrogen-bond acceptors (Lipinski definition) is 6. The zero-order valence-corrected chi connectivity index (χ0v) is 23.9. The van der Waals surface area contributed by atoms with Crippen LogP contribution in [0, 0.1) is 0 Å². The lowest BCUT2D eigenvalue weighted by Gasteiger charge is -2.26. The zero-order chi connectivity index (χ0) is 29.5. The smallest absolute Gasteiger partial charge is 0.416 e. The van der Waals surface area contributed by atoms with Crippen molar-refractivity contribution in [2.75, 3.05) is 46.9 Å². The van der Waals surface area contributed by atoms with Crippen molar-refractivity contribution in [3.05, 3.63) is 64.7 Å². The van der Waals surface area contributed by atoms with Crippen LogP contribution in [0.25, 0.3) is 0 Å². The molecule has 40 heavy (non-hydrogen) atoms. The largest absolute Gasteiger partial charge is 0.483 e. The molecule has 1 aliphatic heterocycles. The lowest BCUT2D eigenvalue weighted by atomic mass is 9.91. The van der Waals surface area contributed by atoms with Gasteiger partial charge in [0.1, 0.15) is 11.4 Å². The van der Waals surface area contributed by atoms with Gasteiger partial charge in [0, 0.05) is 32.1 Å². The topological polar surface area (TPSA) is 71.1 Å². The first-order valence-corrected chi connectivity index (χ1v) is 13.5. The van der Waals surface area contributed by atoms with Gasteiger partial charge in [-0.15, -0.1) is 0 Å². The van der Waals surface area contributed by atoms with Gasteiger partial charge in [-0.05, 0) is 76.7 Å². The molecule has 220 valence electrons. The first-order valence-electron chi connectivity index (χ1n) is 13.5. The Hall–Kier alpha value is -3.11. The molecule has 1 N–H and O–H groups in total. The average molecular weight is 564 g/mol. The number of likely N-dealkylation sites (N-methyl/N-ethyl adjacent to an activating group) is 1. The molecular weight excluding hydrogens is 523 g/mol. The van der Waals surface area contributed by atoms with Crippen LogP contribution in [0.1, 0.15) is 55.4 Å². The number of alkyl halides is 3. The van der Waals surface area contributed by atoms with Crippen LogP contribution in [0.4, 0.5) is 13.2 Å². The Morgan fingerprint density at radius 3 is 2.42 bits per heavy atom. The molecule has 7 nitrogen and oxygen atoms in total. The normalized spacial score (nSPS) is 15.8. The van der Waals surface area contributed by atoms with Gasteiger partial charge in [-0.1, -0.05) is 30.3 Å². The Morgan fingerprint density at radius 1 is 1.02 bits per heavy atom. The van der Waals surface area contributed by atoms with E-state index in [1.807, 2.05) is 51.9 Å². The molecule has 0 fully saturated rings. The van der Waals surface area contributed by atoms with Crippen molar-refractivity contribution >= 4 is 11.9 Å². The number of halogens is 3. The number of amides is 1. The number of esters is 1. The number of carbonyl (C=O) groups is 2. The van der Waals surface area contributed by atoms with Gasteiger partial charge >= 0.3 is 12.1 Å². The van der Waals surface area contributed by atoms with Gasteiger partial charge in [0.25, 0.3) is 5.91 Å². The van der Waals surface area contributed by atoms with E-state index in [-0.39, 0.29) is 43.6 Å². The van der Waals surface area contributed by atoms with Crippen LogP contribution in [0.2, 0.25) is 0 Å². The molecule has 2 aromatic carbocycles. The van der Waals surface area contributed by atoms with Crippen LogP contribution in [0.3, 0.4) is 0 Å². The summed E-state index contributed by atoms with van der Waals surface area (Å²) < 4.78 is 52.3. The molecule has 0 aromatic heterocycles. The third-order valence-corrected chi connectivity index (χ3v) is 6.59. The first kappa shape index (κ1) is 31.4. The molecule has 0 bridgehead atoms. The standard InChI is InChI=1S/C30H40F3N3O4/c1-29(2,3)40-28(38)17-22-18-34-14-13-24-23(22)10-8-12-26(24)39-20-27(37)36(16-15-35(4)5)19-21-9-6-7-11-25(21)30(31,32)33/h6-12,22,34H,13-20H2,1-5H3. The van der Waals surface area contributed by atoms with Crippen LogP contribution < -0.4 is 10.1 Å². The highest BCUT2D eigenvalue weighted by Gasteiger charge is 2.34. The average Bonchev–Trinajstić information content (AvgIpc) is 3.06. The summed E-state index contributed by atoms with van der Waals surface area (Å²) in [6.45, 7) is 7.00. The van der Waals surface area contributed by atoms with Gasteiger partial charge in [-0.3, -0.25) is 9.59 Å². The van der Waals surface area contributed by atoms with Crippen molar-refractivity contribution in [3.8, 4) is 5.75 Å². The summed E-state index contributed by atoms with van der Waals surface area (Å²) in [4.78, 5) is 29.1. The number of fused-ring (bicyclic) bond motifs is 1. The van der Waals surface area contributed by atoms with Crippen LogP contribution in [-0.4, -0.2) is 74.2 Å². The van der Waals surface area contributed by atoms with Crippen LogP contribution >= 0.6 is 0 Å². The Morgan fingerprint density at radius 2 is 1.75 bits per heavy atom. The Balaban J connectivity index is 1.78. The van der Waals surface area contributed by atoms with Gasteiger partial charge < -0.3 is 24.6 Å². The van der Waals surface area contributed by atoms with Crippen molar-refractivity contribution in [3.63, 3.8) is 0 Å². The molecular formula is C30H40F3N3O4. The van der Waals surface area contributed by atoms with Crippen LogP contribution in [-0.2, 0) is 33.5 Å². The Labute approximate surface area is 234 Å². The Kier molecular flexibility index (Phi) is 10.6. The van der Waals surface area contributed by atoms with Crippen LogP contribution in [0.5, 0.6) is 5.75 Å². The fourth-order valence-corrected chi connectivity index (χ4v) is 4.72. The van der Waals surface area contributed by atoms with E-state index in [9.17, 15) is 22.8 Å². The number of carbonyl (C=O) groups excluding carboxylic acids is 2. The summed E-state index contributed by atoms with van der Waals surface area (Å²) in [5.41, 5.74) is 0.574. The SMILES string of the molecule is CN(C)CCN(Cc1ccccc1C(F)(F)F)C(=O)COc1cccc2c1CCNCC2CC(=O)OC(C)(C)C. The fourth-order valence-electron chi connectivity index (χ4n) is 4.72. The second kappa shape index (κ2) is 13.5. The lowest BCUT2D eigenvalue weighted by molar-refractivity contribution is -0.155. The van der Waals surface area contributed by atoms with Crippen molar-refractivity contribution in [1.82, 2.24) is 15.1 Å². The fraction of sp³-hybridized carbons (Fsp3) is 0.533. The number of ether oxygens (including phenoxy) is 2. The number of nitrogens with zero attached hydrogens (tertiary/aromatic N) is 2. The molecule has 0 saturated carbocycles. The zero-order valence-electron chi connectivity index (χ0n) is 23.9. The summed E-state index contributed by atoms with van der Waals surface area (Å²) in [7, 11) is 3.67. The molecule has 1 atom stereocenters. The number of benzene rings is 2. The number of hydrogen-bond donors (Lipinski definition) is 1. The van der Waals surface area contributed by atoms with Gasteiger partial charge in [-0.2, -0.15) is 13.2 Å². The predicted octanol–water partition coefficient (Wildman–Crippen LogP) is 4.64. The van der Waals surface area contributed by atoms with E-state index in [0.717, 1.165) is 17.2 Å². The molecule has 1 heterocycles. The van der Waals surface area contributed by atoms with Crippen molar-refractivity contribution < 1.29 is 32.2 Å². The van der Waals surface area contributed by atoms with Crippen molar-refractivity contribution in [2.24, 2.45) is 0 Å². The monoisotopic (exact) mass is 563 g/mol. The molecule has 3 rings (SSSR count). The van der Waals surface area contributed by atoms with E-state index in [1.165, 1.54) is 23.1 Å². The van der Waals surface area contributed by atoms with Gasteiger partial charge in [0.2, 0.25) is 0 Å². The predicted molar refractivity (Wildman–Crippen MR) is 147 cm³/mol.